The summed E-state index contributed by atoms with van der Waals surface area (Å²) in [6.07, 6.45) is 0. The largest absolute Gasteiger partial charge is 0.497 e. The van der Waals surface area contributed by atoms with Gasteiger partial charge in [-0.25, -0.2) is 0 Å². The van der Waals surface area contributed by atoms with E-state index in [1.165, 1.54) is 4.90 Å². The van der Waals surface area contributed by atoms with Crippen molar-refractivity contribution < 1.29 is 19.2 Å². The molecule has 1 fully saturated rings. The van der Waals surface area contributed by atoms with Gasteiger partial charge in [-0.05, 0) is 43.3 Å². The number of methoxy groups -OCH3 is 1. The molecular weight excluding hydrogens is 342 g/mol. The van der Waals surface area contributed by atoms with Crippen molar-refractivity contribution in [3.63, 3.8) is 0 Å². The molecular formula is C21H28N3O3+. The lowest BCUT2D eigenvalue weighted by atomic mass is 10.2. The summed E-state index contributed by atoms with van der Waals surface area (Å²) < 4.78 is 10.9. The number of quaternary nitrogens is 1. The van der Waals surface area contributed by atoms with Gasteiger partial charge < -0.3 is 24.6 Å². The first-order valence-corrected chi connectivity index (χ1v) is 9.44. The Morgan fingerprint density at radius 1 is 1.11 bits per heavy atom. The van der Waals surface area contributed by atoms with Crippen LogP contribution in [-0.2, 0) is 4.79 Å². The number of piperazine rings is 1. The molecule has 0 atom stereocenters. The minimum atomic E-state index is 0.0401. The Bertz CT molecular complexity index is 741. The summed E-state index contributed by atoms with van der Waals surface area (Å²) in [7, 11) is 1.63. The van der Waals surface area contributed by atoms with Crippen LogP contribution >= 0.6 is 0 Å². The molecule has 27 heavy (non-hydrogen) atoms. The Hall–Kier alpha value is -2.73. The van der Waals surface area contributed by atoms with Crippen LogP contribution in [0.1, 0.15) is 6.92 Å². The van der Waals surface area contributed by atoms with E-state index in [0.29, 0.717) is 13.2 Å². The summed E-state index contributed by atoms with van der Waals surface area (Å²) in [6.45, 7) is 6.82. The molecule has 0 spiro atoms. The first kappa shape index (κ1) is 19.0. The van der Waals surface area contributed by atoms with E-state index in [1.54, 1.807) is 7.11 Å². The van der Waals surface area contributed by atoms with Crippen LogP contribution in [0.5, 0.6) is 11.5 Å². The molecule has 1 heterocycles. The van der Waals surface area contributed by atoms with Crippen LogP contribution < -0.4 is 24.6 Å². The monoisotopic (exact) mass is 370 g/mol. The van der Waals surface area contributed by atoms with Gasteiger partial charge in [0, 0.05) is 5.69 Å². The van der Waals surface area contributed by atoms with Crippen molar-refractivity contribution in [1.29, 1.82) is 0 Å². The number of nitrogens with zero attached hydrogens (tertiary/aromatic N) is 1. The lowest BCUT2D eigenvalue weighted by molar-refractivity contribution is -0.892. The van der Waals surface area contributed by atoms with Crippen molar-refractivity contribution in [2.45, 2.75) is 6.92 Å². The van der Waals surface area contributed by atoms with E-state index in [4.69, 9.17) is 9.47 Å². The van der Waals surface area contributed by atoms with Gasteiger partial charge in [-0.3, -0.25) is 4.79 Å². The second-order valence-corrected chi connectivity index (χ2v) is 6.59. The van der Waals surface area contributed by atoms with Crippen molar-refractivity contribution in [2.75, 3.05) is 56.7 Å². The lowest BCUT2D eigenvalue weighted by Crippen LogP contribution is -3.15. The van der Waals surface area contributed by atoms with Crippen molar-refractivity contribution in [3.05, 3.63) is 48.5 Å². The van der Waals surface area contributed by atoms with Crippen molar-refractivity contribution in [1.82, 2.24) is 0 Å². The van der Waals surface area contributed by atoms with E-state index < -0.39 is 0 Å². The van der Waals surface area contributed by atoms with Gasteiger partial charge >= 0.3 is 0 Å². The number of ether oxygens (including phenoxy) is 2. The molecule has 2 aromatic rings. The van der Waals surface area contributed by atoms with Crippen molar-refractivity contribution >= 4 is 17.3 Å². The number of benzene rings is 2. The predicted octanol–water partition coefficient (Wildman–Crippen LogP) is 1.44. The third-order valence-electron chi connectivity index (χ3n) is 4.76. The van der Waals surface area contributed by atoms with E-state index in [0.717, 1.165) is 49.1 Å². The van der Waals surface area contributed by atoms with Crippen molar-refractivity contribution in [2.24, 2.45) is 0 Å². The molecule has 1 saturated heterocycles. The normalized spacial score (nSPS) is 14.7. The molecule has 1 amide bonds. The van der Waals surface area contributed by atoms with Crippen LogP contribution in [0, 0.1) is 0 Å². The SMILES string of the molecule is CCOc1ccccc1N1CC[NH+](CC(=O)Nc2ccc(OC)cc2)CC1. The van der Waals surface area contributed by atoms with Crippen molar-refractivity contribution in [3.8, 4) is 11.5 Å². The summed E-state index contributed by atoms with van der Waals surface area (Å²) in [5.74, 6) is 1.75. The lowest BCUT2D eigenvalue weighted by Gasteiger charge is -2.34. The number of hydrogen-bond acceptors (Lipinski definition) is 4. The molecule has 6 nitrogen and oxygen atoms in total. The third kappa shape index (κ3) is 5.14. The van der Waals surface area contributed by atoms with Crippen LogP contribution in [0.25, 0.3) is 0 Å². The van der Waals surface area contributed by atoms with Crippen LogP contribution in [0.15, 0.2) is 48.5 Å². The van der Waals surface area contributed by atoms with Gasteiger partial charge in [-0.1, -0.05) is 12.1 Å². The number of hydrogen-bond donors (Lipinski definition) is 2. The fraction of sp³-hybridized carbons (Fsp3) is 0.381. The summed E-state index contributed by atoms with van der Waals surface area (Å²) in [5, 5.41) is 2.96. The van der Waals surface area contributed by atoms with Gasteiger partial charge in [0.25, 0.3) is 5.91 Å². The maximum absolute atomic E-state index is 12.3. The summed E-state index contributed by atoms with van der Waals surface area (Å²) in [5.41, 5.74) is 1.94. The molecule has 1 aliphatic heterocycles. The molecule has 0 unspecified atom stereocenters. The maximum Gasteiger partial charge on any atom is 0.279 e. The number of carbonyl (C=O) groups excluding carboxylic acids is 1. The Labute approximate surface area is 160 Å². The van der Waals surface area contributed by atoms with Crippen LogP contribution in [0.4, 0.5) is 11.4 Å². The fourth-order valence-corrected chi connectivity index (χ4v) is 3.34. The zero-order chi connectivity index (χ0) is 19.1. The van der Waals surface area contributed by atoms with E-state index >= 15 is 0 Å². The average Bonchev–Trinajstić information content (AvgIpc) is 2.70. The predicted molar refractivity (Wildman–Crippen MR) is 107 cm³/mol. The number of nitrogens with one attached hydrogen (secondary N) is 2. The topological polar surface area (TPSA) is 55.2 Å². The Kier molecular flexibility index (Phi) is 6.54. The molecule has 144 valence electrons. The third-order valence-corrected chi connectivity index (χ3v) is 4.76. The fourth-order valence-electron chi connectivity index (χ4n) is 3.34. The summed E-state index contributed by atoms with van der Waals surface area (Å²) in [6, 6.07) is 15.6. The molecule has 0 saturated carbocycles. The summed E-state index contributed by atoms with van der Waals surface area (Å²) in [4.78, 5) is 16.0. The highest BCUT2D eigenvalue weighted by atomic mass is 16.5. The van der Waals surface area contributed by atoms with Crippen LogP contribution in [-0.4, -0.2) is 52.3 Å². The van der Waals surface area contributed by atoms with E-state index in [2.05, 4.69) is 16.3 Å². The first-order valence-electron chi connectivity index (χ1n) is 9.44. The second-order valence-electron chi connectivity index (χ2n) is 6.59. The Balaban J connectivity index is 1.49. The van der Waals surface area contributed by atoms with Gasteiger partial charge in [-0.2, -0.15) is 0 Å². The maximum atomic E-state index is 12.3. The molecule has 0 radical (unpaired) electrons. The van der Waals surface area contributed by atoms with Crippen LogP contribution in [0.3, 0.4) is 0 Å². The Morgan fingerprint density at radius 3 is 2.48 bits per heavy atom. The number of rotatable bonds is 7. The molecule has 2 aromatic carbocycles. The van der Waals surface area contributed by atoms with Crippen LogP contribution in [0.2, 0.25) is 0 Å². The average molecular weight is 370 g/mol. The number of amides is 1. The zero-order valence-electron chi connectivity index (χ0n) is 16.0. The zero-order valence-corrected chi connectivity index (χ0v) is 16.0. The summed E-state index contributed by atoms with van der Waals surface area (Å²) >= 11 is 0. The molecule has 1 aliphatic rings. The molecule has 0 aromatic heterocycles. The van der Waals surface area contributed by atoms with Gasteiger partial charge in [-0.15, -0.1) is 0 Å². The quantitative estimate of drug-likeness (QED) is 0.774. The first-order chi connectivity index (χ1) is 13.2. The smallest absolute Gasteiger partial charge is 0.279 e. The molecule has 3 rings (SSSR count). The standard InChI is InChI=1S/C21H27N3O3/c1-3-27-20-7-5-4-6-19(20)24-14-12-23(13-15-24)16-21(25)22-17-8-10-18(26-2)11-9-17/h4-11H,3,12-16H2,1-2H3,(H,22,25)/p+1. The minimum Gasteiger partial charge on any atom is -0.497 e. The molecule has 6 heteroatoms. The molecule has 0 aliphatic carbocycles. The Morgan fingerprint density at radius 2 is 1.81 bits per heavy atom. The van der Waals surface area contributed by atoms with Gasteiger partial charge in [0.15, 0.2) is 6.54 Å². The molecule has 0 bridgehead atoms. The van der Waals surface area contributed by atoms with Gasteiger partial charge in [0.1, 0.15) is 11.5 Å². The van der Waals surface area contributed by atoms with E-state index in [9.17, 15) is 4.79 Å². The molecule has 2 N–H and O–H groups in total. The number of anilines is 2. The van der Waals surface area contributed by atoms with Gasteiger partial charge in [0.05, 0.1) is 45.6 Å². The highest BCUT2D eigenvalue weighted by molar-refractivity contribution is 5.91. The van der Waals surface area contributed by atoms with E-state index in [1.807, 2.05) is 49.4 Å². The number of carbonyl (C=O) groups is 1. The van der Waals surface area contributed by atoms with E-state index in [-0.39, 0.29) is 5.91 Å². The highest BCUT2D eigenvalue weighted by Crippen LogP contribution is 2.27. The minimum absolute atomic E-state index is 0.0401. The highest BCUT2D eigenvalue weighted by Gasteiger charge is 2.24. The van der Waals surface area contributed by atoms with Gasteiger partial charge in [0.2, 0.25) is 0 Å². The number of para-hydroxylation sites is 2. The second kappa shape index (κ2) is 9.28.